The van der Waals surface area contributed by atoms with Gasteiger partial charge in [-0.1, -0.05) is 56.8 Å². The predicted octanol–water partition coefficient (Wildman–Crippen LogP) is 4.99. The van der Waals surface area contributed by atoms with Gasteiger partial charge in [-0.25, -0.2) is 0 Å². The average molecular weight is 439 g/mol. The van der Waals surface area contributed by atoms with Crippen LogP contribution in [0.4, 0.5) is 0 Å². The Bertz CT molecular complexity index is 1010. The van der Waals surface area contributed by atoms with E-state index in [2.05, 4.69) is 55.2 Å². The van der Waals surface area contributed by atoms with Crippen LogP contribution in [0.2, 0.25) is 0 Å². The number of furan rings is 1. The van der Waals surface area contributed by atoms with Crippen molar-refractivity contribution in [3.8, 4) is 11.4 Å². The van der Waals surface area contributed by atoms with E-state index in [1.165, 1.54) is 17.3 Å². The third-order valence-electron chi connectivity index (χ3n) is 5.67. The maximum atomic E-state index is 12.8. The fraction of sp³-hybridized carbons (Fsp3) is 0.458. The first-order valence-corrected chi connectivity index (χ1v) is 11.7. The van der Waals surface area contributed by atoms with Crippen molar-refractivity contribution in [2.75, 3.05) is 13.1 Å². The van der Waals surface area contributed by atoms with Crippen LogP contribution in [0.3, 0.4) is 0 Å². The molecule has 2 aromatic heterocycles. The Labute approximate surface area is 188 Å². The molecule has 3 heterocycles. The molecule has 0 saturated carbocycles. The van der Waals surface area contributed by atoms with Crippen molar-refractivity contribution in [2.45, 2.75) is 62.9 Å². The maximum absolute atomic E-state index is 12.8. The molecule has 0 N–H and O–H groups in total. The highest BCUT2D eigenvalue weighted by atomic mass is 32.2. The minimum atomic E-state index is -0.214. The van der Waals surface area contributed by atoms with E-state index in [9.17, 15) is 4.79 Å². The molecule has 0 aliphatic carbocycles. The van der Waals surface area contributed by atoms with Gasteiger partial charge in [-0.2, -0.15) is 0 Å². The Kier molecular flexibility index (Phi) is 6.23. The molecular formula is C24H30N4O2S. The predicted molar refractivity (Wildman–Crippen MR) is 123 cm³/mol. The molecule has 4 rings (SSSR count). The molecule has 6 nitrogen and oxygen atoms in total. The minimum absolute atomic E-state index is 0.0900. The van der Waals surface area contributed by atoms with Gasteiger partial charge >= 0.3 is 0 Å². The van der Waals surface area contributed by atoms with Gasteiger partial charge in [0.05, 0.1) is 18.1 Å². The summed E-state index contributed by atoms with van der Waals surface area (Å²) in [6, 6.07) is 12.3. The number of hydrogen-bond donors (Lipinski definition) is 0. The third kappa shape index (κ3) is 4.87. The van der Waals surface area contributed by atoms with Gasteiger partial charge in [-0.3, -0.25) is 9.36 Å². The molecule has 1 fully saturated rings. The van der Waals surface area contributed by atoms with Crippen molar-refractivity contribution in [2.24, 2.45) is 0 Å². The number of hydrogen-bond acceptors (Lipinski definition) is 5. The molecule has 0 unspecified atom stereocenters. The number of thioether (sulfide) groups is 1. The van der Waals surface area contributed by atoms with Crippen molar-refractivity contribution in [3.63, 3.8) is 0 Å². The van der Waals surface area contributed by atoms with Crippen LogP contribution in [0.5, 0.6) is 0 Å². The van der Waals surface area contributed by atoms with Crippen LogP contribution >= 0.6 is 11.8 Å². The number of benzene rings is 1. The van der Waals surface area contributed by atoms with Crippen LogP contribution in [0.25, 0.3) is 11.4 Å². The van der Waals surface area contributed by atoms with Crippen molar-refractivity contribution in [3.05, 3.63) is 54.0 Å². The molecule has 1 amide bonds. The molecular weight excluding hydrogens is 408 g/mol. The molecule has 0 radical (unpaired) electrons. The summed E-state index contributed by atoms with van der Waals surface area (Å²) in [5.74, 6) is 1.78. The molecule has 1 aliphatic rings. The molecule has 1 aliphatic heterocycles. The van der Waals surface area contributed by atoms with Crippen LogP contribution in [0.15, 0.2) is 52.2 Å². The second-order valence-electron chi connectivity index (χ2n) is 9.09. The lowest BCUT2D eigenvalue weighted by molar-refractivity contribution is -0.129. The van der Waals surface area contributed by atoms with Crippen molar-refractivity contribution < 1.29 is 9.21 Å². The monoisotopic (exact) mass is 438 g/mol. The van der Waals surface area contributed by atoms with Gasteiger partial charge in [0.1, 0.15) is 5.76 Å². The lowest BCUT2D eigenvalue weighted by Gasteiger charge is -2.20. The zero-order valence-electron chi connectivity index (χ0n) is 18.7. The van der Waals surface area contributed by atoms with Crippen LogP contribution in [0, 0.1) is 0 Å². The average Bonchev–Trinajstić information content (AvgIpc) is 3.50. The van der Waals surface area contributed by atoms with Crippen LogP contribution in [0.1, 0.15) is 51.9 Å². The summed E-state index contributed by atoms with van der Waals surface area (Å²) in [5, 5.41) is 9.46. The Balaban J connectivity index is 1.63. The van der Waals surface area contributed by atoms with Gasteiger partial charge in [0.15, 0.2) is 11.0 Å². The molecule has 0 spiro atoms. The summed E-state index contributed by atoms with van der Waals surface area (Å²) in [5.41, 5.74) is 2.36. The SMILES string of the molecule is C[C@H](Sc1nnc(-c2ccc(C(C)(C)C)cc2)n1Cc1ccco1)C(=O)N1CCCC1. The Hall–Kier alpha value is -2.54. The first-order valence-electron chi connectivity index (χ1n) is 10.8. The number of amides is 1. The lowest BCUT2D eigenvalue weighted by atomic mass is 9.87. The van der Waals surface area contributed by atoms with Crippen LogP contribution in [-0.2, 0) is 16.8 Å². The van der Waals surface area contributed by atoms with E-state index in [0.29, 0.717) is 6.54 Å². The van der Waals surface area contributed by atoms with E-state index >= 15 is 0 Å². The lowest BCUT2D eigenvalue weighted by Crippen LogP contribution is -2.34. The van der Waals surface area contributed by atoms with Gasteiger partial charge in [0.2, 0.25) is 5.91 Å². The largest absolute Gasteiger partial charge is 0.467 e. The first kappa shape index (κ1) is 21.7. The van der Waals surface area contributed by atoms with Gasteiger partial charge in [0.25, 0.3) is 0 Å². The number of nitrogens with zero attached hydrogens (tertiary/aromatic N) is 4. The Morgan fingerprint density at radius 2 is 1.84 bits per heavy atom. The van der Waals surface area contributed by atoms with E-state index in [-0.39, 0.29) is 16.6 Å². The molecule has 1 atom stereocenters. The minimum Gasteiger partial charge on any atom is -0.467 e. The molecule has 1 saturated heterocycles. The summed E-state index contributed by atoms with van der Waals surface area (Å²) < 4.78 is 7.63. The van der Waals surface area contributed by atoms with Gasteiger partial charge < -0.3 is 9.32 Å². The number of carbonyl (C=O) groups excluding carboxylic acids is 1. The topological polar surface area (TPSA) is 64.2 Å². The summed E-state index contributed by atoms with van der Waals surface area (Å²) in [7, 11) is 0. The van der Waals surface area contributed by atoms with Gasteiger partial charge in [0, 0.05) is 18.7 Å². The van der Waals surface area contributed by atoms with E-state index in [4.69, 9.17) is 4.42 Å². The fourth-order valence-electron chi connectivity index (χ4n) is 3.81. The molecule has 0 bridgehead atoms. The Morgan fingerprint density at radius 1 is 1.13 bits per heavy atom. The van der Waals surface area contributed by atoms with Crippen molar-refractivity contribution in [1.82, 2.24) is 19.7 Å². The zero-order chi connectivity index (χ0) is 22.0. The Morgan fingerprint density at radius 3 is 2.45 bits per heavy atom. The number of aromatic nitrogens is 3. The van der Waals surface area contributed by atoms with Gasteiger partial charge in [-0.05, 0) is 42.9 Å². The van der Waals surface area contributed by atoms with E-state index < -0.39 is 0 Å². The smallest absolute Gasteiger partial charge is 0.235 e. The van der Waals surface area contributed by atoms with Crippen molar-refractivity contribution in [1.29, 1.82) is 0 Å². The van der Waals surface area contributed by atoms with Crippen molar-refractivity contribution >= 4 is 17.7 Å². The quantitative estimate of drug-likeness (QED) is 0.508. The summed E-state index contributed by atoms with van der Waals surface area (Å²) in [4.78, 5) is 14.8. The van der Waals surface area contributed by atoms with Crippen LogP contribution in [-0.4, -0.2) is 43.9 Å². The second-order valence-corrected chi connectivity index (χ2v) is 10.4. The molecule has 7 heteroatoms. The first-order chi connectivity index (χ1) is 14.8. The highest BCUT2D eigenvalue weighted by Gasteiger charge is 2.27. The van der Waals surface area contributed by atoms with Gasteiger partial charge in [-0.15, -0.1) is 10.2 Å². The summed E-state index contributed by atoms with van der Waals surface area (Å²) in [6.45, 7) is 10.8. The molecule has 1 aromatic carbocycles. The fourth-order valence-corrected chi connectivity index (χ4v) is 4.75. The number of carbonyl (C=O) groups is 1. The molecule has 164 valence electrons. The summed E-state index contributed by atoms with van der Waals surface area (Å²) in [6.07, 6.45) is 3.85. The highest BCUT2D eigenvalue weighted by molar-refractivity contribution is 8.00. The molecule has 3 aromatic rings. The molecule has 31 heavy (non-hydrogen) atoms. The maximum Gasteiger partial charge on any atom is 0.235 e. The van der Waals surface area contributed by atoms with E-state index in [1.807, 2.05) is 28.5 Å². The number of rotatable bonds is 6. The van der Waals surface area contributed by atoms with Crippen LogP contribution < -0.4 is 0 Å². The second kappa shape index (κ2) is 8.91. The third-order valence-corrected chi connectivity index (χ3v) is 6.74. The summed E-state index contributed by atoms with van der Waals surface area (Å²) >= 11 is 1.47. The number of likely N-dealkylation sites (tertiary alicyclic amines) is 1. The van der Waals surface area contributed by atoms with E-state index in [0.717, 1.165) is 48.2 Å². The standard InChI is InChI=1S/C24H30N4O2S/c1-17(22(29)27-13-5-6-14-27)31-23-26-25-21(28(23)16-20-8-7-15-30-20)18-9-11-19(12-10-18)24(2,3)4/h7-12,15,17H,5-6,13-14,16H2,1-4H3/t17-/m0/s1. The highest BCUT2D eigenvalue weighted by Crippen LogP contribution is 2.30. The zero-order valence-corrected chi connectivity index (χ0v) is 19.5. The normalized spacial score (nSPS) is 15.4. The van der Waals surface area contributed by atoms with E-state index in [1.54, 1.807) is 6.26 Å².